The first-order valence-corrected chi connectivity index (χ1v) is 13.6. The zero-order chi connectivity index (χ0) is 21.6. The minimum atomic E-state index is -1.21. The molecule has 0 amide bonds. The van der Waals surface area contributed by atoms with Crippen molar-refractivity contribution in [3.05, 3.63) is 54.1 Å². The number of rotatable bonds is 6. The van der Waals surface area contributed by atoms with Crippen LogP contribution in [0, 0.1) is 11.3 Å². The van der Waals surface area contributed by atoms with E-state index in [1.807, 2.05) is 54.8 Å². The highest BCUT2D eigenvalue weighted by molar-refractivity contribution is 7.98. The Morgan fingerprint density at radius 2 is 1.52 bits per heavy atom. The maximum Gasteiger partial charge on any atom is 0.123 e. The van der Waals surface area contributed by atoms with Crippen LogP contribution in [0.3, 0.4) is 0 Å². The number of nitriles is 1. The fourth-order valence-corrected chi connectivity index (χ4v) is 6.23. The van der Waals surface area contributed by atoms with E-state index < -0.39 is 10.8 Å². The lowest BCUT2D eigenvalue weighted by Crippen LogP contribution is -2.51. The van der Waals surface area contributed by atoms with Crippen LogP contribution < -0.4 is 0 Å². The van der Waals surface area contributed by atoms with Gasteiger partial charge in [0, 0.05) is 46.9 Å². The first kappa shape index (κ1) is 22.5. The third-order valence-electron chi connectivity index (χ3n) is 6.61. The summed E-state index contributed by atoms with van der Waals surface area (Å²) in [6.45, 7) is 3.97. The van der Waals surface area contributed by atoms with Crippen molar-refractivity contribution < 1.29 is 4.21 Å². The van der Waals surface area contributed by atoms with Gasteiger partial charge in [0.1, 0.15) is 6.04 Å². The Bertz CT molecular complexity index is 909. The molecule has 0 aromatic heterocycles. The zero-order valence-corrected chi connectivity index (χ0v) is 19.8. The molecule has 2 atom stereocenters. The third-order valence-corrected chi connectivity index (χ3v) is 8.76. The summed E-state index contributed by atoms with van der Waals surface area (Å²) < 4.78 is 12.9. The molecule has 4 rings (SSSR count). The van der Waals surface area contributed by atoms with E-state index in [-0.39, 0.29) is 6.04 Å². The normalized spacial score (nSPS) is 20.8. The zero-order valence-electron chi connectivity index (χ0n) is 18.2. The van der Waals surface area contributed by atoms with Crippen molar-refractivity contribution in [3.8, 4) is 6.07 Å². The number of piperazine rings is 1. The van der Waals surface area contributed by atoms with Crippen LogP contribution in [-0.2, 0) is 10.8 Å². The molecule has 1 saturated heterocycles. The molecule has 2 fully saturated rings. The van der Waals surface area contributed by atoms with E-state index in [1.54, 1.807) is 11.8 Å². The molecule has 31 heavy (non-hydrogen) atoms. The van der Waals surface area contributed by atoms with Gasteiger partial charge in [-0.2, -0.15) is 5.26 Å². The van der Waals surface area contributed by atoms with Crippen LogP contribution >= 0.6 is 11.8 Å². The van der Waals surface area contributed by atoms with Crippen molar-refractivity contribution in [2.45, 2.75) is 58.9 Å². The summed E-state index contributed by atoms with van der Waals surface area (Å²) in [7, 11) is -1.21. The van der Waals surface area contributed by atoms with E-state index in [0.29, 0.717) is 0 Å². The molecular weight excluding hydrogens is 422 g/mol. The number of thioether (sulfide) groups is 1. The summed E-state index contributed by atoms with van der Waals surface area (Å²) in [6.07, 6.45) is 8.81. The van der Waals surface area contributed by atoms with Crippen molar-refractivity contribution >= 4 is 22.6 Å². The second-order valence-corrected chi connectivity index (χ2v) is 10.8. The van der Waals surface area contributed by atoms with Crippen LogP contribution in [0.1, 0.15) is 43.7 Å². The predicted octanol–water partition coefficient (Wildman–Crippen LogP) is 5.09. The molecule has 1 unspecified atom stereocenters. The van der Waals surface area contributed by atoms with E-state index in [0.717, 1.165) is 52.5 Å². The lowest BCUT2D eigenvalue weighted by atomic mass is 9.93. The van der Waals surface area contributed by atoms with Crippen molar-refractivity contribution in [2.75, 3.05) is 32.4 Å². The molecule has 2 aliphatic rings. The second kappa shape index (κ2) is 10.8. The van der Waals surface area contributed by atoms with Gasteiger partial charge in [-0.15, -0.1) is 11.8 Å². The fourth-order valence-electron chi connectivity index (χ4n) is 4.78. The molecule has 1 aliphatic carbocycles. The lowest BCUT2D eigenvalue weighted by molar-refractivity contribution is 0.0676. The number of nitrogens with zero attached hydrogens (tertiary/aromatic N) is 3. The first-order chi connectivity index (χ1) is 15.2. The van der Waals surface area contributed by atoms with Crippen LogP contribution in [-0.4, -0.2) is 52.5 Å². The Kier molecular flexibility index (Phi) is 7.84. The van der Waals surface area contributed by atoms with E-state index in [1.165, 1.54) is 32.1 Å². The number of benzene rings is 2. The molecule has 0 spiro atoms. The molecule has 6 heteroatoms. The molecule has 0 bridgehead atoms. The third kappa shape index (κ3) is 5.40. The lowest BCUT2D eigenvalue weighted by Gasteiger charge is -2.42. The highest BCUT2D eigenvalue weighted by atomic mass is 32.2. The number of hydrogen-bond acceptors (Lipinski definition) is 5. The highest BCUT2D eigenvalue weighted by Gasteiger charge is 2.29. The van der Waals surface area contributed by atoms with Crippen molar-refractivity contribution in [1.29, 1.82) is 5.26 Å². The van der Waals surface area contributed by atoms with Crippen LogP contribution in [0.2, 0.25) is 0 Å². The minimum absolute atomic E-state index is 0.239. The minimum Gasteiger partial charge on any atom is -0.298 e. The van der Waals surface area contributed by atoms with E-state index in [2.05, 4.69) is 15.9 Å². The standard InChI is InChI=1S/C25H31N3OS2/c1-30-22-9-13-24(14-10-22)31(29)23-11-7-20(8-12-23)25(19-26)28-17-15-27(16-18-28)21-5-3-2-4-6-21/h7-14,21,25H,2-6,15-18H2,1H3/t25?,31-/m0/s1. The summed E-state index contributed by atoms with van der Waals surface area (Å²) in [5, 5.41) is 9.88. The van der Waals surface area contributed by atoms with Crippen molar-refractivity contribution in [2.24, 2.45) is 0 Å². The van der Waals surface area contributed by atoms with Crippen molar-refractivity contribution in [3.63, 3.8) is 0 Å². The molecule has 2 aromatic carbocycles. The topological polar surface area (TPSA) is 47.3 Å². The van der Waals surface area contributed by atoms with Gasteiger partial charge in [-0.1, -0.05) is 31.4 Å². The molecule has 1 aliphatic heterocycles. The summed E-state index contributed by atoms with van der Waals surface area (Å²) in [4.78, 5) is 7.68. The van der Waals surface area contributed by atoms with Gasteiger partial charge in [0.05, 0.1) is 16.9 Å². The SMILES string of the molecule is CSc1ccc([S@@](=O)c2ccc(C(C#N)N3CCN(C4CCCCC4)CC3)cc2)cc1. The summed E-state index contributed by atoms with van der Waals surface area (Å²) in [5.74, 6) is 0. The van der Waals surface area contributed by atoms with Gasteiger partial charge in [0.15, 0.2) is 0 Å². The monoisotopic (exact) mass is 453 g/mol. The second-order valence-electron chi connectivity index (χ2n) is 8.41. The average molecular weight is 454 g/mol. The average Bonchev–Trinajstić information content (AvgIpc) is 2.85. The van der Waals surface area contributed by atoms with Gasteiger partial charge < -0.3 is 0 Å². The molecule has 0 N–H and O–H groups in total. The molecular formula is C25H31N3OS2. The summed E-state index contributed by atoms with van der Waals surface area (Å²) >= 11 is 1.68. The molecule has 1 saturated carbocycles. The van der Waals surface area contributed by atoms with Gasteiger partial charge in [-0.3, -0.25) is 9.80 Å². The van der Waals surface area contributed by atoms with Gasteiger partial charge in [0.25, 0.3) is 0 Å². The Hall–Kier alpha value is -1.65. The smallest absolute Gasteiger partial charge is 0.123 e. The first-order valence-electron chi connectivity index (χ1n) is 11.2. The van der Waals surface area contributed by atoms with Crippen LogP contribution in [0.4, 0.5) is 0 Å². The maximum absolute atomic E-state index is 12.9. The maximum atomic E-state index is 12.9. The Labute approximate surface area is 193 Å². The molecule has 0 radical (unpaired) electrons. The molecule has 164 valence electrons. The largest absolute Gasteiger partial charge is 0.298 e. The Morgan fingerprint density at radius 1 is 0.935 bits per heavy atom. The van der Waals surface area contributed by atoms with E-state index in [4.69, 9.17) is 0 Å². The molecule has 4 nitrogen and oxygen atoms in total. The quantitative estimate of drug-likeness (QED) is 0.570. The predicted molar refractivity (Wildman–Crippen MR) is 128 cm³/mol. The summed E-state index contributed by atoms with van der Waals surface area (Å²) in [6, 6.07) is 18.7. The van der Waals surface area contributed by atoms with Gasteiger partial charge >= 0.3 is 0 Å². The van der Waals surface area contributed by atoms with Crippen LogP contribution in [0.5, 0.6) is 0 Å². The van der Waals surface area contributed by atoms with Crippen LogP contribution in [0.15, 0.2) is 63.2 Å². The van der Waals surface area contributed by atoms with Gasteiger partial charge in [-0.25, -0.2) is 4.21 Å². The Morgan fingerprint density at radius 3 is 2.06 bits per heavy atom. The fraction of sp³-hybridized carbons (Fsp3) is 0.480. The highest BCUT2D eigenvalue weighted by Crippen LogP contribution is 2.28. The molecule has 1 heterocycles. The van der Waals surface area contributed by atoms with E-state index >= 15 is 0 Å². The molecule has 2 aromatic rings. The van der Waals surface area contributed by atoms with Gasteiger partial charge in [0.2, 0.25) is 0 Å². The summed E-state index contributed by atoms with van der Waals surface area (Å²) in [5.41, 5.74) is 0.993. The van der Waals surface area contributed by atoms with E-state index in [9.17, 15) is 9.47 Å². The Balaban J connectivity index is 1.39. The number of hydrogen-bond donors (Lipinski definition) is 0. The van der Waals surface area contributed by atoms with Gasteiger partial charge in [-0.05, 0) is 61.1 Å². The van der Waals surface area contributed by atoms with Crippen LogP contribution in [0.25, 0.3) is 0 Å². The van der Waals surface area contributed by atoms with Crippen molar-refractivity contribution in [1.82, 2.24) is 9.80 Å².